The van der Waals surface area contributed by atoms with E-state index < -0.39 is 0 Å². The van der Waals surface area contributed by atoms with Crippen molar-refractivity contribution in [2.45, 2.75) is 25.7 Å². The Labute approximate surface area is 118 Å². The van der Waals surface area contributed by atoms with Gasteiger partial charge in [-0.3, -0.25) is 9.59 Å². The number of halogens is 2. The molecule has 18 heavy (non-hydrogen) atoms. The normalized spacial score (nSPS) is 15.9. The first-order valence-electron chi connectivity index (χ1n) is 6.36. The number of rotatable bonds is 6. The molecule has 2 amide bonds. The molecule has 0 spiro atoms. The molecule has 0 unspecified atom stereocenters. The fourth-order valence-corrected chi connectivity index (χ4v) is 2.22. The van der Waals surface area contributed by atoms with E-state index in [4.69, 9.17) is 23.2 Å². The standard InChI is InChI=1S/C12H20Cl2N2O2/c13-5-1-3-11(17)15-7-9-16(10-8-15)12(18)4-2-6-14/h1-10H2. The number of piperazine rings is 1. The fourth-order valence-electron chi connectivity index (χ4n) is 1.96. The van der Waals surface area contributed by atoms with E-state index in [9.17, 15) is 9.59 Å². The average molecular weight is 295 g/mol. The lowest BCUT2D eigenvalue weighted by Crippen LogP contribution is -2.50. The average Bonchev–Trinajstić information content (AvgIpc) is 2.42. The molecule has 4 nitrogen and oxygen atoms in total. The molecule has 6 heteroatoms. The molecule has 1 saturated heterocycles. The Hall–Kier alpha value is -0.480. The highest BCUT2D eigenvalue weighted by Crippen LogP contribution is 2.08. The number of hydrogen-bond donors (Lipinski definition) is 0. The first kappa shape index (κ1) is 15.6. The van der Waals surface area contributed by atoms with Crippen molar-refractivity contribution in [1.29, 1.82) is 0 Å². The third-order valence-corrected chi connectivity index (χ3v) is 3.57. The molecule has 1 aliphatic rings. The fraction of sp³-hybridized carbons (Fsp3) is 0.833. The molecule has 0 N–H and O–H groups in total. The summed E-state index contributed by atoms with van der Waals surface area (Å²) < 4.78 is 0. The zero-order valence-corrected chi connectivity index (χ0v) is 12.0. The second-order valence-electron chi connectivity index (χ2n) is 4.35. The molecular weight excluding hydrogens is 275 g/mol. The first-order chi connectivity index (χ1) is 8.69. The monoisotopic (exact) mass is 294 g/mol. The maximum atomic E-state index is 11.8. The summed E-state index contributed by atoms with van der Waals surface area (Å²) in [6, 6.07) is 0. The lowest BCUT2D eigenvalue weighted by atomic mass is 10.2. The second kappa shape index (κ2) is 8.59. The van der Waals surface area contributed by atoms with E-state index in [2.05, 4.69) is 0 Å². The van der Waals surface area contributed by atoms with Crippen molar-refractivity contribution in [2.24, 2.45) is 0 Å². The Morgan fingerprint density at radius 3 is 1.39 bits per heavy atom. The molecule has 1 aliphatic heterocycles. The Balaban J connectivity index is 2.27. The van der Waals surface area contributed by atoms with Gasteiger partial charge in [0.2, 0.25) is 11.8 Å². The summed E-state index contributed by atoms with van der Waals surface area (Å²) in [6.45, 7) is 2.53. The van der Waals surface area contributed by atoms with Gasteiger partial charge in [0.15, 0.2) is 0 Å². The summed E-state index contributed by atoms with van der Waals surface area (Å²) in [6.07, 6.45) is 2.44. The molecule has 0 radical (unpaired) electrons. The van der Waals surface area contributed by atoms with Crippen LogP contribution in [-0.4, -0.2) is 59.6 Å². The van der Waals surface area contributed by atoms with Crippen LogP contribution in [0.3, 0.4) is 0 Å². The van der Waals surface area contributed by atoms with Gasteiger partial charge in [-0.05, 0) is 12.8 Å². The minimum atomic E-state index is 0.142. The maximum Gasteiger partial charge on any atom is 0.222 e. The van der Waals surface area contributed by atoms with Crippen LogP contribution in [0.4, 0.5) is 0 Å². The zero-order valence-electron chi connectivity index (χ0n) is 10.5. The van der Waals surface area contributed by atoms with E-state index in [0.717, 1.165) is 12.8 Å². The lowest BCUT2D eigenvalue weighted by Gasteiger charge is -2.35. The van der Waals surface area contributed by atoms with Crippen molar-refractivity contribution >= 4 is 35.0 Å². The Kier molecular flexibility index (Phi) is 7.44. The lowest BCUT2D eigenvalue weighted by molar-refractivity contribution is -0.139. The van der Waals surface area contributed by atoms with E-state index in [1.165, 1.54) is 0 Å². The van der Waals surface area contributed by atoms with Gasteiger partial charge in [-0.1, -0.05) is 0 Å². The van der Waals surface area contributed by atoms with Gasteiger partial charge >= 0.3 is 0 Å². The summed E-state index contributed by atoms with van der Waals surface area (Å²) in [5.74, 6) is 1.32. The molecule has 1 heterocycles. The molecule has 1 rings (SSSR count). The number of hydrogen-bond acceptors (Lipinski definition) is 2. The summed E-state index contributed by atoms with van der Waals surface area (Å²) in [5.41, 5.74) is 0. The van der Waals surface area contributed by atoms with Crippen LogP contribution in [0, 0.1) is 0 Å². The van der Waals surface area contributed by atoms with Crippen LogP contribution in [0.1, 0.15) is 25.7 Å². The zero-order chi connectivity index (χ0) is 13.4. The number of nitrogens with zero attached hydrogens (tertiary/aromatic N) is 2. The highest BCUT2D eigenvalue weighted by molar-refractivity contribution is 6.18. The molecule has 0 bridgehead atoms. The van der Waals surface area contributed by atoms with Crippen molar-refractivity contribution in [3.8, 4) is 0 Å². The molecule has 0 aromatic carbocycles. The van der Waals surface area contributed by atoms with E-state index in [-0.39, 0.29) is 11.8 Å². The topological polar surface area (TPSA) is 40.6 Å². The highest BCUT2D eigenvalue weighted by atomic mass is 35.5. The molecule has 0 aromatic heterocycles. The van der Waals surface area contributed by atoms with Gasteiger partial charge in [-0.15, -0.1) is 23.2 Å². The van der Waals surface area contributed by atoms with Crippen molar-refractivity contribution in [3.63, 3.8) is 0 Å². The summed E-state index contributed by atoms with van der Waals surface area (Å²) in [4.78, 5) is 27.1. The minimum Gasteiger partial charge on any atom is -0.339 e. The van der Waals surface area contributed by atoms with Crippen LogP contribution in [-0.2, 0) is 9.59 Å². The summed E-state index contributed by atoms with van der Waals surface area (Å²) in [5, 5.41) is 0. The van der Waals surface area contributed by atoms with Gasteiger partial charge in [-0.25, -0.2) is 0 Å². The van der Waals surface area contributed by atoms with Gasteiger partial charge in [0.1, 0.15) is 0 Å². The number of carbonyl (C=O) groups excluding carboxylic acids is 2. The molecule has 0 aliphatic carbocycles. The Bertz CT molecular complexity index is 251. The Morgan fingerprint density at radius 2 is 1.11 bits per heavy atom. The summed E-state index contributed by atoms with van der Waals surface area (Å²) >= 11 is 11.1. The van der Waals surface area contributed by atoms with Crippen LogP contribution < -0.4 is 0 Å². The van der Waals surface area contributed by atoms with E-state index in [0.29, 0.717) is 50.8 Å². The molecule has 104 valence electrons. The quantitative estimate of drug-likeness (QED) is 0.700. The van der Waals surface area contributed by atoms with Gasteiger partial charge < -0.3 is 9.80 Å². The largest absolute Gasteiger partial charge is 0.339 e. The van der Waals surface area contributed by atoms with Crippen LogP contribution in [0.25, 0.3) is 0 Å². The number of amides is 2. The number of alkyl halides is 2. The first-order valence-corrected chi connectivity index (χ1v) is 7.43. The van der Waals surface area contributed by atoms with Crippen LogP contribution in [0.5, 0.6) is 0 Å². The predicted octanol–water partition coefficient (Wildman–Crippen LogP) is 1.70. The molecule has 0 aromatic rings. The van der Waals surface area contributed by atoms with Gasteiger partial charge in [0.25, 0.3) is 0 Å². The van der Waals surface area contributed by atoms with Gasteiger partial charge in [-0.2, -0.15) is 0 Å². The van der Waals surface area contributed by atoms with Gasteiger partial charge in [0, 0.05) is 50.8 Å². The molecule has 0 saturated carbocycles. The summed E-state index contributed by atoms with van der Waals surface area (Å²) in [7, 11) is 0. The van der Waals surface area contributed by atoms with Crippen molar-refractivity contribution in [2.75, 3.05) is 37.9 Å². The third-order valence-electron chi connectivity index (χ3n) is 3.03. The minimum absolute atomic E-state index is 0.142. The number of carbonyl (C=O) groups is 2. The van der Waals surface area contributed by atoms with E-state index >= 15 is 0 Å². The Morgan fingerprint density at radius 1 is 0.778 bits per heavy atom. The van der Waals surface area contributed by atoms with Crippen LogP contribution in [0.15, 0.2) is 0 Å². The van der Waals surface area contributed by atoms with Crippen LogP contribution in [0.2, 0.25) is 0 Å². The van der Waals surface area contributed by atoms with Gasteiger partial charge in [0.05, 0.1) is 0 Å². The smallest absolute Gasteiger partial charge is 0.222 e. The molecule has 0 atom stereocenters. The predicted molar refractivity (Wildman–Crippen MR) is 73.1 cm³/mol. The van der Waals surface area contributed by atoms with Crippen molar-refractivity contribution < 1.29 is 9.59 Å². The van der Waals surface area contributed by atoms with Crippen molar-refractivity contribution in [3.05, 3.63) is 0 Å². The molecular formula is C12H20Cl2N2O2. The van der Waals surface area contributed by atoms with E-state index in [1.54, 1.807) is 0 Å². The third kappa shape index (κ3) is 5.02. The van der Waals surface area contributed by atoms with Crippen LogP contribution >= 0.6 is 23.2 Å². The molecule has 1 fully saturated rings. The highest BCUT2D eigenvalue weighted by Gasteiger charge is 2.23. The van der Waals surface area contributed by atoms with Crippen molar-refractivity contribution in [1.82, 2.24) is 9.80 Å². The second-order valence-corrected chi connectivity index (χ2v) is 5.10. The maximum absolute atomic E-state index is 11.8. The SMILES string of the molecule is O=C(CCCCl)N1CCN(C(=O)CCCCl)CC1. The van der Waals surface area contributed by atoms with E-state index in [1.807, 2.05) is 9.80 Å².